The number of hydrogen-bond donors (Lipinski definition) is 1. The Morgan fingerprint density at radius 2 is 1.87 bits per heavy atom. The van der Waals surface area contributed by atoms with E-state index in [1.165, 1.54) is 11.3 Å². The number of rotatable bonds is 8. The molecule has 1 N–H and O–H groups in total. The first-order valence-corrected chi connectivity index (χ1v) is 10.5. The van der Waals surface area contributed by atoms with Gasteiger partial charge in [-0.1, -0.05) is 22.0 Å². The molecule has 0 atom stereocenters. The van der Waals surface area contributed by atoms with E-state index in [2.05, 4.69) is 26.2 Å². The van der Waals surface area contributed by atoms with Crippen LogP contribution in [0.25, 0.3) is 10.6 Å². The first-order chi connectivity index (χ1) is 14.5. The van der Waals surface area contributed by atoms with Crippen LogP contribution in [0.2, 0.25) is 0 Å². The van der Waals surface area contributed by atoms with Gasteiger partial charge in [0.1, 0.15) is 18.2 Å². The zero-order chi connectivity index (χ0) is 21.5. The van der Waals surface area contributed by atoms with Gasteiger partial charge in [0.15, 0.2) is 11.5 Å². The standard InChI is InChI=1S/C21H19BrN2O5S/c1-27-17-5-3-4-16(19(17)28-2)21-24-15(12-30-21)11-29-18(25)10-23-20(26)13-6-8-14(22)9-7-13/h3-9,12H,10-11H2,1-2H3,(H,23,26). The molecule has 1 aromatic heterocycles. The molecule has 0 aliphatic heterocycles. The number of carbonyl (C=O) groups excluding carboxylic acids is 2. The Bertz CT molecular complexity index is 1040. The number of amides is 1. The molecule has 1 heterocycles. The summed E-state index contributed by atoms with van der Waals surface area (Å²) in [6.45, 7) is -0.217. The molecule has 0 aliphatic rings. The third-order valence-corrected chi connectivity index (χ3v) is 5.52. The first-order valence-electron chi connectivity index (χ1n) is 8.87. The molecular formula is C21H19BrN2O5S. The predicted molar refractivity (Wildman–Crippen MR) is 117 cm³/mol. The molecule has 0 bridgehead atoms. The van der Waals surface area contributed by atoms with Crippen LogP contribution in [0.15, 0.2) is 52.3 Å². The highest BCUT2D eigenvalue weighted by molar-refractivity contribution is 9.10. The summed E-state index contributed by atoms with van der Waals surface area (Å²) in [7, 11) is 3.14. The minimum absolute atomic E-state index is 0.00969. The fourth-order valence-electron chi connectivity index (χ4n) is 2.61. The molecule has 0 fully saturated rings. The van der Waals surface area contributed by atoms with Gasteiger partial charge in [-0.2, -0.15) is 0 Å². The van der Waals surface area contributed by atoms with Gasteiger partial charge in [0.25, 0.3) is 5.91 Å². The average Bonchev–Trinajstić information content (AvgIpc) is 3.24. The van der Waals surface area contributed by atoms with Crippen LogP contribution < -0.4 is 14.8 Å². The fourth-order valence-corrected chi connectivity index (χ4v) is 3.70. The summed E-state index contributed by atoms with van der Waals surface area (Å²) >= 11 is 4.72. The molecule has 3 aromatic rings. The SMILES string of the molecule is COc1cccc(-c2nc(COC(=O)CNC(=O)c3ccc(Br)cc3)cs2)c1OC. The molecular weight excluding hydrogens is 472 g/mol. The van der Waals surface area contributed by atoms with E-state index in [4.69, 9.17) is 14.2 Å². The van der Waals surface area contributed by atoms with Crippen molar-refractivity contribution < 1.29 is 23.8 Å². The number of nitrogens with one attached hydrogen (secondary N) is 1. The molecule has 30 heavy (non-hydrogen) atoms. The largest absolute Gasteiger partial charge is 0.493 e. The van der Waals surface area contributed by atoms with Crippen LogP contribution in [0.3, 0.4) is 0 Å². The van der Waals surface area contributed by atoms with E-state index >= 15 is 0 Å². The van der Waals surface area contributed by atoms with Crippen LogP contribution in [0.4, 0.5) is 0 Å². The number of nitrogens with zero attached hydrogens (tertiary/aromatic N) is 1. The Hall–Kier alpha value is -2.91. The number of thiazole rings is 1. The van der Waals surface area contributed by atoms with E-state index in [-0.39, 0.29) is 19.1 Å². The summed E-state index contributed by atoms with van der Waals surface area (Å²) in [6.07, 6.45) is 0. The molecule has 156 valence electrons. The van der Waals surface area contributed by atoms with Crippen molar-refractivity contribution in [3.63, 3.8) is 0 Å². The lowest BCUT2D eigenvalue weighted by Crippen LogP contribution is -2.30. The van der Waals surface area contributed by atoms with Crippen molar-refractivity contribution in [1.29, 1.82) is 0 Å². The number of para-hydroxylation sites is 1. The van der Waals surface area contributed by atoms with Crippen molar-refractivity contribution in [2.24, 2.45) is 0 Å². The maximum Gasteiger partial charge on any atom is 0.325 e. The molecule has 0 saturated carbocycles. The van der Waals surface area contributed by atoms with E-state index in [0.717, 1.165) is 15.0 Å². The predicted octanol–water partition coefficient (Wildman–Crippen LogP) is 4.06. The number of halogens is 1. The smallest absolute Gasteiger partial charge is 0.325 e. The number of aromatic nitrogens is 1. The highest BCUT2D eigenvalue weighted by Gasteiger charge is 2.15. The van der Waals surface area contributed by atoms with E-state index in [0.29, 0.717) is 22.8 Å². The normalized spacial score (nSPS) is 10.4. The number of carbonyl (C=O) groups is 2. The van der Waals surface area contributed by atoms with Gasteiger partial charge in [-0.25, -0.2) is 4.98 Å². The maximum absolute atomic E-state index is 12.0. The van der Waals surface area contributed by atoms with Crippen LogP contribution in [0.5, 0.6) is 11.5 Å². The van der Waals surface area contributed by atoms with Crippen LogP contribution in [-0.4, -0.2) is 37.6 Å². The summed E-state index contributed by atoms with van der Waals surface area (Å²) in [4.78, 5) is 28.5. The Kier molecular flexibility index (Phi) is 7.42. The van der Waals surface area contributed by atoms with Gasteiger partial charge < -0.3 is 19.5 Å². The quantitative estimate of drug-likeness (QED) is 0.479. The van der Waals surface area contributed by atoms with E-state index < -0.39 is 5.97 Å². The number of ether oxygens (including phenoxy) is 3. The Balaban J connectivity index is 1.55. The highest BCUT2D eigenvalue weighted by Crippen LogP contribution is 2.38. The molecule has 7 nitrogen and oxygen atoms in total. The Morgan fingerprint density at radius 1 is 1.10 bits per heavy atom. The van der Waals surface area contributed by atoms with Gasteiger partial charge in [0.2, 0.25) is 0 Å². The summed E-state index contributed by atoms with van der Waals surface area (Å²) in [5, 5.41) is 5.07. The van der Waals surface area contributed by atoms with Crippen molar-refractivity contribution >= 4 is 39.1 Å². The average molecular weight is 491 g/mol. The minimum Gasteiger partial charge on any atom is -0.493 e. The number of hydrogen-bond acceptors (Lipinski definition) is 7. The van der Waals surface area contributed by atoms with E-state index in [9.17, 15) is 9.59 Å². The van der Waals surface area contributed by atoms with Crippen LogP contribution in [0.1, 0.15) is 16.1 Å². The summed E-state index contributed by atoms with van der Waals surface area (Å²) in [5.41, 5.74) is 1.86. The molecule has 9 heteroatoms. The molecule has 0 saturated heterocycles. The third kappa shape index (κ3) is 5.37. The number of benzene rings is 2. The van der Waals surface area contributed by atoms with Gasteiger partial charge in [-0.05, 0) is 36.4 Å². The molecule has 3 rings (SSSR count). The second-order valence-electron chi connectivity index (χ2n) is 6.04. The Labute approximate surface area is 186 Å². The summed E-state index contributed by atoms with van der Waals surface area (Å²) in [5.74, 6) is 0.308. The lowest BCUT2D eigenvalue weighted by molar-refractivity contribution is -0.143. The van der Waals surface area contributed by atoms with Crippen molar-refractivity contribution in [3.05, 3.63) is 63.6 Å². The van der Waals surface area contributed by atoms with Gasteiger partial charge in [0.05, 0.1) is 25.5 Å². The van der Waals surface area contributed by atoms with Crippen molar-refractivity contribution in [2.45, 2.75) is 6.61 Å². The molecule has 0 aliphatic carbocycles. The van der Waals surface area contributed by atoms with Crippen molar-refractivity contribution in [1.82, 2.24) is 10.3 Å². The zero-order valence-corrected chi connectivity index (χ0v) is 18.7. The van der Waals surface area contributed by atoms with Gasteiger partial charge >= 0.3 is 5.97 Å². The minimum atomic E-state index is -0.547. The fraction of sp³-hybridized carbons (Fsp3) is 0.190. The molecule has 2 aromatic carbocycles. The monoisotopic (exact) mass is 490 g/mol. The second-order valence-corrected chi connectivity index (χ2v) is 7.81. The van der Waals surface area contributed by atoms with Crippen LogP contribution >= 0.6 is 27.3 Å². The van der Waals surface area contributed by atoms with Crippen molar-refractivity contribution in [3.8, 4) is 22.1 Å². The highest BCUT2D eigenvalue weighted by atomic mass is 79.9. The lowest BCUT2D eigenvalue weighted by atomic mass is 10.2. The maximum atomic E-state index is 12.0. The zero-order valence-electron chi connectivity index (χ0n) is 16.3. The first kappa shape index (κ1) is 21.8. The van der Waals surface area contributed by atoms with Gasteiger partial charge in [-0.3, -0.25) is 9.59 Å². The van der Waals surface area contributed by atoms with Gasteiger partial charge in [0, 0.05) is 15.4 Å². The third-order valence-electron chi connectivity index (χ3n) is 4.07. The summed E-state index contributed by atoms with van der Waals surface area (Å²) < 4.78 is 16.8. The van der Waals surface area contributed by atoms with Gasteiger partial charge in [-0.15, -0.1) is 11.3 Å². The lowest BCUT2D eigenvalue weighted by Gasteiger charge is -2.10. The second kappa shape index (κ2) is 10.2. The number of esters is 1. The van der Waals surface area contributed by atoms with E-state index in [1.54, 1.807) is 44.6 Å². The van der Waals surface area contributed by atoms with E-state index in [1.807, 2.05) is 17.5 Å². The summed E-state index contributed by atoms with van der Waals surface area (Å²) in [6, 6.07) is 12.4. The number of methoxy groups -OCH3 is 2. The molecule has 0 unspecified atom stereocenters. The Morgan fingerprint density at radius 3 is 2.57 bits per heavy atom. The molecule has 0 spiro atoms. The van der Waals surface area contributed by atoms with Crippen molar-refractivity contribution in [2.75, 3.05) is 20.8 Å². The molecule has 1 amide bonds. The topological polar surface area (TPSA) is 86.8 Å². The van der Waals surface area contributed by atoms with Crippen LogP contribution in [-0.2, 0) is 16.1 Å². The van der Waals surface area contributed by atoms with Crippen LogP contribution in [0, 0.1) is 0 Å². The molecule has 0 radical (unpaired) electrons.